The van der Waals surface area contributed by atoms with Crippen LogP contribution in [0.25, 0.3) is 4.85 Å². The van der Waals surface area contributed by atoms with Gasteiger partial charge in [-0.3, -0.25) is 0 Å². The van der Waals surface area contributed by atoms with Crippen molar-refractivity contribution in [3.8, 4) is 11.5 Å². The normalized spacial score (nSPS) is 9.08. The molecule has 0 heterocycles. The van der Waals surface area contributed by atoms with Crippen LogP contribution in [0.2, 0.25) is 0 Å². The minimum Gasteiger partial charge on any atom is -0.497 e. The van der Waals surface area contributed by atoms with Crippen LogP contribution in [0.15, 0.2) is 16.6 Å². The summed E-state index contributed by atoms with van der Waals surface area (Å²) in [5.74, 6) is 1.20. The summed E-state index contributed by atoms with van der Waals surface area (Å²) in [7, 11) is 3.10. The first kappa shape index (κ1) is 9.87. The Morgan fingerprint density at radius 3 is 2.00 bits per heavy atom. The summed E-state index contributed by atoms with van der Waals surface area (Å²) in [5, 5.41) is 0. The van der Waals surface area contributed by atoms with E-state index >= 15 is 0 Å². The van der Waals surface area contributed by atoms with Crippen molar-refractivity contribution >= 4 is 21.6 Å². The number of rotatable bonds is 2. The van der Waals surface area contributed by atoms with E-state index in [0.717, 1.165) is 4.47 Å². The first-order valence-corrected chi connectivity index (χ1v) is 4.31. The Kier molecular flexibility index (Phi) is 3.15. The number of hydrogen-bond acceptors (Lipinski definition) is 2. The van der Waals surface area contributed by atoms with Crippen LogP contribution in [-0.4, -0.2) is 14.2 Å². The van der Waals surface area contributed by atoms with E-state index in [1.165, 1.54) is 0 Å². The van der Waals surface area contributed by atoms with Crippen molar-refractivity contribution in [3.05, 3.63) is 28.0 Å². The Hall–Kier alpha value is -1.21. The summed E-state index contributed by atoms with van der Waals surface area (Å²) in [5.41, 5.74) is 0.497. The average Bonchev–Trinajstić information content (AvgIpc) is 2.18. The number of ether oxygens (including phenoxy) is 2. The molecule has 0 unspecified atom stereocenters. The number of benzene rings is 1. The molecular formula is C9H8BrNO2. The Morgan fingerprint density at radius 2 is 1.69 bits per heavy atom. The van der Waals surface area contributed by atoms with E-state index in [1.54, 1.807) is 26.4 Å². The van der Waals surface area contributed by atoms with Crippen molar-refractivity contribution in [1.29, 1.82) is 0 Å². The fraction of sp³-hybridized carbons (Fsp3) is 0.222. The zero-order valence-corrected chi connectivity index (χ0v) is 8.88. The van der Waals surface area contributed by atoms with E-state index in [9.17, 15) is 0 Å². The van der Waals surface area contributed by atoms with Gasteiger partial charge in [0.25, 0.3) is 0 Å². The average molecular weight is 242 g/mol. The second kappa shape index (κ2) is 4.15. The van der Waals surface area contributed by atoms with E-state index in [2.05, 4.69) is 20.8 Å². The lowest BCUT2D eigenvalue weighted by Crippen LogP contribution is -1.88. The van der Waals surface area contributed by atoms with Crippen LogP contribution in [0, 0.1) is 6.57 Å². The lowest BCUT2D eigenvalue weighted by Gasteiger charge is -2.08. The molecular weight excluding hydrogens is 234 g/mol. The zero-order chi connectivity index (χ0) is 9.84. The van der Waals surface area contributed by atoms with E-state index < -0.39 is 0 Å². The lowest BCUT2D eigenvalue weighted by atomic mass is 10.3. The van der Waals surface area contributed by atoms with Crippen molar-refractivity contribution in [2.45, 2.75) is 0 Å². The highest BCUT2D eigenvalue weighted by atomic mass is 79.9. The van der Waals surface area contributed by atoms with Crippen molar-refractivity contribution in [3.63, 3.8) is 0 Å². The summed E-state index contributed by atoms with van der Waals surface area (Å²) in [6.07, 6.45) is 0. The molecule has 0 spiro atoms. The molecule has 1 aromatic rings. The van der Waals surface area contributed by atoms with Gasteiger partial charge in [-0.15, -0.1) is 0 Å². The topological polar surface area (TPSA) is 22.8 Å². The van der Waals surface area contributed by atoms with Gasteiger partial charge in [0.1, 0.15) is 11.5 Å². The SMILES string of the molecule is [C-]#[N+]c1cc(OC)c(Br)c(OC)c1. The quantitative estimate of drug-likeness (QED) is 0.744. The van der Waals surface area contributed by atoms with Crippen LogP contribution in [0.4, 0.5) is 5.69 Å². The molecule has 0 aromatic heterocycles. The maximum Gasteiger partial charge on any atom is 0.194 e. The molecule has 1 aromatic carbocycles. The molecule has 0 fully saturated rings. The molecule has 13 heavy (non-hydrogen) atoms. The van der Waals surface area contributed by atoms with E-state index in [0.29, 0.717) is 17.2 Å². The Labute approximate surface area is 85.2 Å². The molecule has 0 aliphatic rings. The smallest absolute Gasteiger partial charge is 0.194 e. The monoisotopic (exact) mass is 241 g/mol. The largest absolute Gasteiger partial charge is 0.497 e. The Morgan fingerprint density at radius 1 is 1.23 bits per heavy atom. The maximum absolute atomic E-state index is 6.86. The number of hydrogen-bond donors (Lipinski definition) is 0. The lowest BCUT2D eigenvalue weighted by molar-refractivity contribution is 0.390. The van der Waals surface area contributed by atoms with Crippen LogP contribution in [0.5, 0.6) is 11.5 Å². The van der Waals surface area contributed by atoms with Gasteiger partial charge in [-0.1, -0.05) is 0 Å². The van der Waals surface area contributed by atoms with Crippen LogP contribution in [0.1, 0.15) is 0 Å². The van der Waals surface area contributed by atoms with Crippen LogP contribution in [0.3, 0.4) is 0 Å². The zero-order valence-electron chi connectivity index (χ0n) is 7.30. The Balaban J connectivity index is 3.30. The minimum absolute atomic E-state index is 0.497. The second-order valence-electron chi connectivity index (χ2n) is 2.28. The molecule has 4 heteroatoms. The van der Waals surface area contributed by atoms with E-state index in [4.69, 9.17) is 16.0 Å². The first-order valence-electron chi connectivity index (χ1n) is 3.52. The van der Waals surface area contributed by atoms with Gasteiger partial charge in [0, 0.05) is 0 Å². The summed E-state index contributed by atoms with van der Waals surface area (Å²) in [6.45, 7) is 6.86. The number of nitrogens with zero attached hydrogens (tertiary/aromatic N) is 1. The molecule has 0 aliphatic carbocycles. The van der Waals surface area contributed by atoms with Crippen molar-refractivity contribution in [2.75, 3.05) is 14.2 Å². The first-order chi connectivity index (χ1) is 6.22. The van der Waals surface area contributed by atoms with Gasteiger partial charge in [-0.25, -0.2) is 4.85 Å². The Bertz CT molecular complexity index is 332. The second-order valence-corrected chi connectivity index (χ2v) is 3.07. The van der Waals surface area contributed by atoms with E-state index in [-0.39, 0.29) is 0 Å². The van der Waals surface area contributed by atoms with Crippen LogP contribution in [-0.2, 0) is 0 Å². The van der Waals surface area contributed by atoms with Crippen molar-refractivity contribution in [1.82, 2.24) is 0 Å². The third kappa shape index (κ3) is 1.93. The highest BCUT2D eigenvalue weighted by Crippen LogP contribution is 2.38. The summed E-state index contributed by atoms with van der Waals surface area (Å²) in [6, 6.07) is 3.30. The van der Waals surface area contributed by atoms with Crippen LogP contribution < -0.4 is 9.47 Å². The highest BCUT2D eigenvalue weighted by molar-refractivity contribution is 9.10. The fourth-order valence-electron chi connectivity index (χ4n) is 0.920. The highest BCUT2D eigenvalue weighted by Gasteiger charge is 2.08. The van der Waals surface area contributed by atoms with Gasteiger partial charge < -0.3 is 9.47 Å². The van der Waals surface area contributed by atoms with Gasteiger partial charge in [-0.2, -0.15) is 0 Å². The van der Waals surface area contributed by atoms with Gasteiger partial charge >= 0.3 is 0 Å². The van der Waals surface area contributed by atoms with Gasteiger partial charge in [0.2, 0.25) is 0 Å². The van der Waals surface area contributed by atoms with Crippen LogP contribution >= 0.6 is 15.9 Å². The standard InChI is InChI=1S/C9H8BrNO2/c1-11-6-4-7(12-2)9(10)8(5-6)13-3/h4-5H,2-3H3. The molecule has 0 N–H and O–H groups in total. The summed E-state index contributed by atoms with van der Waals surface area (Å²) < 4.78 is 10.8. The predicted molar refractivity (Wildman–Crippen MR) is 53.5 cm³/mol. The van der Waals surface area contributed by atoms with Gasteiger partial charge in [0.15, 0.2) is 5.69 Å². The molecule has 0 atom stereocenters. The van der Waals surface area contributed by atoms with Crippen molar-refractivity contribution < 1.29 is 9.47 Å². The minimum atomic E-state index is 0.497. The fourth-order valence-corrected chi connectivity index (χ4v) is 1.47. The molecule has 0 saturated carbocycles. The third-order valence-corrected chi connectivity index (χ3v) is 2.34. The molecule has 1 rings (SSSR count). The van der Waals surface area contributed by atoms with E-state index in [1.807, 2.05) is 0 Å². The molecule has 3 nitrogen and oxygen atoms in total. The van der Waals surface area contributed by atoms with Gasteiger partial charge in [-0.05, 0) is 28.1 Å². The van der Waals surface area contributed by atoms with Crippen molar-refractivity contribution in [2.24, 2.45) is 0 Å². The third-order valence-electron chi connectivity index (χ3n) is 1.56. The molecule has 68 valence electrons. The summed E-state index contributed by atoms with van der Waals surface area (Å²) >= 11 is 3.31. The number of halogens is 1. The van der Waals surface area contributed by atoms with Gasteiger partial charge in [0.05, 0.1) is 25.3 Å². The molecule has 0 radical (unpaired) electrons. The number of methoxy groups -OCH3 is 2. The maximum atomic E-state index is 6.86. The molecule has 0 amide bonds. The summed E-state index contributed by atoms with van der Waals surface area (Å²) in [4.78, 5) is 3.30. The predicted octanol–water partition coefficient (Wildman–Crippen LogP) is 3.02. The molecule has 0 aliphatic heterocycles. The molecule has 0 saturated heterocycles. The molecule has 0 bridgehead atoms.